The van der Waals surface area contributed by atoms with Crippen molar-refractivity contribution < 1.29 is 13.5 Å². The number of hydrogen-bond acceptors (Lipinski definition) is 5. The average molecular weight is 445 g/mol. The molecule has 2 aliphatic heterocycles. The quantitative estimate of drug-likeness (QED) is 0.598. The van der Waals surface area contributed by atoms with Crippen molar-refractivity contribution in [1.82, 2.24) is 19.9 Å². The van der Waals surface area contributed by atoms with E-state index in [1.165, 1.54) is 12.1 Å². The van der Waals surface area contributed by atoms with Crippen LogP contribution in [-0.2, 0) is 4.74 Å². The Bertz CT molecular complexity index is 1120. The van der Waals surface area contributed by atoms with Crippen LogP contribution in [0.15, 0.2) is 36.7 Å². The number of hydrogen-bond donors (Lipinski definition) is 2. The molecule has 2 fully saturated rings. The summed E-state index contributed by atoms with van der Waals surface area (Å²) in [5, 5.41) is 11.2. The second-order valence-electron chi connectivity index (χ2n) is 7.79. The fourth-order valence-electron chi connectivity index (χ4n) is 4.23. The van der Waals surface area contributed by atoms with Crippen LogP contribution >= 0.6 is 12.2 Å². The van der Waals surface area contributed by atoms with E-state index in [1.807, 2.05) is 11.0 Å². The molecule has 0 amide bonds. The van der Waals surface area contributed by atoms with Gasteiger partial charge in [-0.1, -0.05) is 0 Å². The molecular formula is C21H22F2N6OS. The summed E-state index contributed by atoms with van der Waals surface area (Å²) in [6.07, 6.45) is 5.98. The number of rotatable bonds is 4. The van der Waals surface area contributed by atoms with Gasteiger partial charge in [-0.15, -0.1) is 0 Å². The highest BCUT2D eigenvalue weighted by Gasteiger charge is 2.30. The zero-order valence-corrected chi connectivity index (χ0v) is 17.5. The summed E-state index contributed by atoms with van der Waals surface area (Å²) in [6, 6.07) is 5.36. The van der Waals surface area contributed by atoms with Crippen molar-refractivity contribution in [3.63, 3.8) is 0 Å². The lowest BCUT2D eigenvalue weighted by Crippen LogP contribution is -2.37. The highest BCUT2D eigenvalue weighted by Crippen LogP contribution is 2.37. The van der Waals surface area contributed by atoms with Crippen LogP contribution in [0.3, 0.4) is 0 Å². The maximum Gasteiger partial charge on any atom is 0.180 e. The molecular weight excluding hydrogens is 422 g/mol. The van der Waals surface area contributed by atoms with E-state index < -0.39 is 11.6 Å². The van der Waals surface area contributed by atoms with Gasteiger partial charge in [-0.05, 0) is 55.7 Å². The van der Waals surface area contributed by atoms with Gasteiger partial charge in [-0.2, -0.15) is 5.10 Å². The van der Waals surface area contributed by atoms with Crippen molar-refractivity contribution in [2.75, 3.05) is 30.0 Å². The fraction of sp³-hybridized carbons (Fsp3) is 0.381. The zero-order chi connectivity index (χ0) is 21.4. The van der Waals surface area contributed by atoms with Gasteiger partial charge < -0.3 is 20.3 Å². The third-order valence-corrected chi connectivity index (χ3v) is 5.95. The predicted octanol–water partition coefficient (Wildman–Crippen LogP) is 3.42. The fourth-order valence-corrected chi connectivity index (χ4v) is 4.51. The summed E-state index contributed by atoms with van der Waals surface area (Å²) < 4.78 is 35.2. The van der Waals surface area contributed by atoms with Crippen molar-refractivity contribution >= 4 is 34.5 Å². The van der Waals surface area contributed by atoms with Gasteiger partial charge in [-0.25, -0.2) is 18.3 Å². The topological polar surface area (TPSA) is 66.7 Å². The van der Waals surface area contributed by atoms with Gasteiger partial charge in [0.05, 0.1) is 24.9 Å². The smallest absolute Gasteiger partial charge is 0.180 e. The molecule has 3 aromatic rings. The van der Waals surface area contributed by atoms with E-state index in [2.05, 4.69) is 15.7 Å². The standard InChI is InChI=1S/C21H22F2N6OS/c22-13-3-4-16(23)15(10-13)18-2-1-7-28(18)19-5-8-29-20(27-19)17(11-24-29)26-21(31)25-14-6-9-30-12-14/h3-5,8,10-11,14,18H,1-2,6-7,9,12H2,(H2,25,26,31)/t14-,18?/m1/s1. The molecule has 2 aliphatic rings. The van der Waals surface area contributed by atoms with Crippen molar-refractivity contribution in [1.29, 1.82) is 0 Å². The number of fused-ring (bicyclic) bond motifs is 1. The third kappa shape index (κ3) is 4.05. The second kappa shape index (κ2) is 8.35. The molecule has 2 aromatic heterocycles. The first-order valence-electron chi connectivity index (χ1n) is 10.3. The second-order valence-corrected chi connectivity index (χ2v) is 8.20. The van der Waals surface area contributed by atoms with E-state index in [0.717, 1.165) is 31.9 Å². The minimum atomic E-state index is -0.442. The van der Waals surface area contributed by atoms with Crippen LogP contribution in [0.25, 0.3) is 5.65 Å². The lowest BCUT2D eigenvalue weighted by atomic mass is 10.0. The Kier molecular flexibility index (Phi) is 5.41. The molecule has 5 rings (SSSR count). The van der Waals surface area contributed by atoms with Crippen LogP contribution < -0.4 is 15.5 Å². The first-order valence-corrected chi connectivity index (χ1v) is 10.7. The Morgan fingerprint density at radius 2 is 2.13 bits per heavy atom. The molecule has 0 saturated carbocycles. The largest absolute Gasteiger partial charge is 0.379 e. The van der Waals surface area contributed by atoms with E-state index in [-0.39, 0.29) is 12.1 Å². The normalized spacial score (nSPS) is 21.0. The molecule has 7 nitrogen and oxygen atoms in total. The Morgan fingerprint density at radius 1 is 1.23 bits per heavy atom. The van der Waals surface area contributed by atoms with Gasteiger partial charge in [0, 0.05) is 24.9 Å². The van der Waals surface area contributed by atoms with E-state index >= 15 is 0 Å². The lowest BCUT2D eigenvalue weighted by molar-refractivity contribution is 0.192. The molecule has 0 radical (unpaired) electrons. The molecule has 162 valence electrons. The zero-order valence-electron chi connectivity index (χ0n) is 16.7. The van der Waals surface area contributed by atoms with Crippen LogP contribution in [-0.4, -0.2) is 45.5 Å². The number of ether oxygens (including phenoxy) is 1. The minimum absolute atomic E-state index is 0.192. The van der Waals surface area contributed by atoms with Gasteiger partial charge in [0.1, 0.15) is 23.1 Å². The molecule has 1 aromatic carbocycles. The molecule has 4 heterocycles. The number of thiocarbonyl (C=S) groups is 1. The molecule has 2 saturated heterocycles. The number of aromatic nitrogens is 3. The van der Waals surface area contributed by atoms with Gasteiger partial charge in [0.25, 0.3) is 0 Å². The molecule has 0 spiro atoms. The Hall–Kier alpha value is -2.85. The lowest BCUT2D eigenvalue weighted by Gasteiger charge is -2.26. The number of benzene rings is 1. The first-order chi connectivity index (χ1) is 15.1. The Balaban J connectivity index is 1.40. The number of nitrogens with zero attached hydrogens (tertiary/aromatic N) is 4. The van der Waals surface area contributed by atoms with Gasteiger partial charge >= 0.3 is 0 Å². The van der Waals surface area contributed by atoms with Gasteiger partial charge in [-0.3, -0.25) is 0 Å². The van der Waals surface area contributed by atoms with Crippen LogP contribution in [0.4, 0.5) is 20.3 Å². The van der Waals surface area contributed by atoms with Crippen molar-refractivity contribution in [3.05, 3.63) is 53.9 Å². The third-order valence-electron chi connectivity index (χ3n) is 5.73. The van der Waals surface area contributed by atoms with Gasteiger partial charge in [0.2, 0.25) is 0 Å². The Labute approximate surface area is 183 Å². The highest BCUT2D eigenvalue weighted by atomic mass is 32.1. The minimum Gasteiger partial charge on any atom is -0.379 e. The van der Waals surface area contributed by atoms with Crippen LogP contribution in [0.1, 0.15) is 30.9 Å². The van der Waals surface area contributed by atoms with Crippen LogP contribution in [0, 0.1) is 11.6 Å². The molecule has 2 atom stereocenters. The summed E-state index contributed by atoms with van der Waals surface area (Å²) in [7, 11) is 0. The maximum atomic E-state index is 14.4. The monoisotopic (exact) mass is 444 g/mol. The molecule has 2 N–H and O–H groups in total. The molecule has 1 unspecified atom stereocenters. The summed E-state index contributed by atoms with van der Waals surface area (Å²) in [5.74, 6) is -0.161. The van der Waals surface area contributed by atoms with Crippen molar-refractivity contribution in [3.8, 4) is 0 Å². The summed E-state index contributed by atoms with van der Waals surface area (Å²) in [6.45, 7) is 2.07. The number of nitrogens with one attached hydrogen (secondary N) is 2. The number of halogens is 2. The summed E-state index contributed by atoms with van der Waals surface area (Å²) in [5.41, 5.74) is 1.64. The summed E-state index contributed by atoms with van der Waals surface area (Å²) >= 11 is 5.42. The number of anilines is 2. The van der Waals surface area contributed by atoms with Gasteiger partial charge in [0.15, 0.2) is 10.8 Å². The SMILES string of the molecule is Fc1ccc(F)c(C2CCCN2c2ccn3ncc(NC(=S)N[C@@H]4CCOC4)c3n2)c1. The van der Waals surface area contributed by atoms with Crippen molar-refractivity contribution in [2.24, 2.45) is 0 Å². The van der Waals surface area contributed by atoms with E-state index in [4.69, 9.17) is 21.9 Å². The average Bonchev–Trinajstić information content (AvgIpc) is 3.51. The maximum absolute atomic E-state index is 14.4. The van der Waals surface area contributed by atoms with E-state index in [0.29, 0.717) is 41.0 Å². The highest BCUT2D eigenvalue weighted by molar-refractivity contribution is 7.80. The van der Waals surface area contributed by atoms with Crippen LogP contribution in [0.5, 0.6) is 0 Å². The first kappa shape index (κ1) is 20.1. The van der Waals surface area contributed by atoms with E-state index in [9.17, 15) is 8.78 Å². The van der Waals surface area contributed by atoms with Crippen LogP contribution in [0.2, 0.25) is 0 Å². The Morgan fingerprint density at radius 3 is 2.97 bits per heavy atom. The van der Waals surface area contributed by atoms with E-state index in [1.54, 1.807) is 16.9 Å². The molecule has 10 heteroatoms. The summed E-state index contributed by atoms with van der Waals surface area (Å²) in [4.78, 5) is 6.78. The predicted molar refractivity (Wildman–Crippen MR) is 117 cm³/mol. The molecule has 0 bridgehead atoms. The molecule has 31 heavy (non-hydrogen) atoms. The van der Waals surface area contributed by atoms with Crippen molar-refractivity contribution in [2.45, 2.75) is 31.3 Å². The molecule has 0 aliphatic carbocycles.